The number of ether oxygens (including phenoxy) is 2. The zero-order chi connectivity index (χ0) is 58.0. The Morgan fingerprint density at radius 3 is 1.19 bits per heavy atom. The van der Waals surface area contributed by atoms with Crippen molar-refractivity contribution in [3.05, 3.63) is 99.6 Å². The molecule has 0 radical (unpaired) electrons. The Kier molecular flexibility index (Phi) is 25.8. The van der Waals surface area contributed by atoms with E-state index in [1.54, 1.807) is 50.2 Å². The van der Waals surface area contributed by atoms with Crippen molar-refractivity contribution in [2.24, 2.45) is 5.73 Å². The molecule has 0 spiro atoms. The van der Waals surface area contributed by atoms with Crippen LogP contribution in [0.2, 0.25) is 54.4 Å². The molecule has 18 heteroatoms. The number of rotatable bonds is 21. The van der Waals surface area contributed by atoms with Gasteiger partial charge in [0, 0.05) is 30.1 Å². The van der Waals surface area contributed by atoms with E-state index in [2.05, 4.69) is 119 Å². The van der Waals surface area contributed by atoms with Crippen LogP contribution in [0, 0.1) is 47.1 Å². The third kappa shape index (κ3) is 21.6. The third-order valence-corrected chi connectivity index (χ3v) is 27.5. The maximum absolute atomic E-state index is 12.1. The summed E-state index contributed by atoms with van der Waals surface area (Å²) in [5.41, 5.74) is 8.32. The molecule has 0 saturated heterocycles. The first-order chi connectivity index (χ1) is 34.3. The first kappa shape index (κ1) is 67.6. The number of nitrogens with zero attached hydrogens (tertiary/aromatic N) is 1. The lowest BCUT2D eigenvalue weighted by Gasteiger charge is -2.36. The molecule has 0 aliphatic carbocycles. The lowest BCUT2D eigenvalue weighted by molar-refractivity contribution is -0.514. The molecular formula is C57H86N2O12SSi3. The number of esters is 2. The van der Waals surface area contributed by atoms with Gasteiger partial charge in [0.2, 0.25) is 25.0 Å². The average Bonchev–Trinajstić information content (AvgIpc) is 3.27. The first-order valence-electron chi connectivity index (χ1n) is 25.1. The van der Waals surface area contributed by atoms with E-state index in [1.807, 2.05) is 36.4 Å². The molecule has 0 aliphatic heterocycles. The number of hydrogen-bond donors (Lipinski definition) is 1. The van der Waals surface area contributed by atoms with Crippen LogP contribution in [0.25, 0.3) is 0 Å². The third-order valence-electron chi connectivity index (χ3n) is 13.8. The van der Waals surface area contributed by atoms with E-state index in [1.165, 1.54) is 0 Å². The number of terminal acetylenes is 3. The number of benzene rings is 3. The van der Waals surface area contributed by atoms with E-state index in [0.29, 0.717) is 24.3 Å². The van der Waals surface area contributed by atoms with Crippen LogP contribution in [0.3, 0.4) is 0 Å². The number of nitro groups is 1. The summed E-state index contributed by atoms with van der Waals surface area (Å²) >= 11 is 0. The van der Waals surface area contributed by atoms with Crippen molar-refractivity contribution in [2.75, 3.05) is 19.5 Å². The van der Waals surface area contributed by atoms with Gasteiger partial charge in [-0.25, -0.2) is 4.79 Å². The summed E-state index contributed by atoms with van der Waals surface area (Å²) in [7, 11) is -9.35. The van der Waals surface area contributed by atoms with Gasteiger partial charge in [0.05, 0.1) is 25.4 Å². The van der Waals surface area contributed by atoms with Crippen molar-refractivity contribution in [1.82, 2.24) is 0 Å². The molecule has 0 fully saturated rings. The fraction of sp³-hybridized carbons (Fsp3) is 0.544. The highest BCUT2D eigenvalue weighted by Gasteiger charge is 2.43. The maximum Gasteiger partial charge on any atom is 0.382 e. The highest BCUT2D eigenvalue weighted by Crippen LogP contribution is 2.40. The number of nitrogens with two attached hydrogens (primary N) is 1. The summed E-state index contributed by atoms with van der Waals surface area (Å²) in [6.07, 6.45) is 17.1. The normalized spacial score (nSPS) is 14.1. The quantitative estimate of drug-likeness (QED) is 0.0265. The Morgan fingerprint density at radius 1 is 0.587 bits per heavy atom. The van der Waals surface area contributed by atoms with Crippen LogP contribution in [0.15, 0.2) is 72.8 Å². The predicted molar refractivity (Wildman–Crippen MR) is 309 cm³/mol. The number of carbonyl (C=O) groups excluding carboxylic acids is 2. The maximum atomic E-state index is 12.1. The SMILES string of the molecule is C#CCC(OS(C)(=O)=O)c1ccc(O[Si](C)(C)C(C)(C)C)cc1.C#CCC(c1ccc(O[Si](C)(C)C(C)(C)C)cc1)C(C(=O)OCC)[N+](=O)[O-].C#CCC(c1ccc(O[Si](C)(C)C(C)(C)C)cc1)C(N)C(=O)OCC. The van der Waals surface area contributed by atoms with Gasteiger partial charge < -0.3 is 28.5 Å². The molecule has 3 aromatic carbocycles. The Morgan fingerprint density at radius 2 is 0.893 bits per heavy atom. The van der Waals surface area contributed by atoms with Gasteiger partial charge in [-0.3, -0.25) is 19.1 Å². The first-order valence-corrected chi connectivity index (χ1v) is 35.7. The van der Waals surface area contributed by atoms with Gasteiger partial charge in [0.15, 0.2) is 0 Å². The van der Waals surface area contributed by atoms with E-state index in [0.717, 1.165) is 28.9 Å². The lowest BCUT2D eigenvalue weighted by atomic mass is 9.89. The highest BCUT2D eigenvalue weighted by molar-refractivity contribution is 7.86. The second kappa shape index (κ2) is 28.7. The molecule has 0 aromatic heterocycles. The second-order valence-corrected chi connectivity index (χ2v) is 38.6. The molecular weight excluding hydrogens is 1020 g/mol. The molecule has 5 atom stereocenters. The zero-order valence-corrected chi connectivity index (χ0v) is 51.7. The summed E-state index contributed by atoms with van der Waals surface area (Å²) in [4.78, 5) is 34.9. The second-order valence-electron chi connectivity index (χ2n) is 22.8. The van der Waals surface area contributed by atoms with Gasteiger partial charge in [0.1, 0.15) is 29.4 Å². The standard InChI is InChI=1S/C20H29NO5Si.C20H31NO3Si.C17H26O4SSi/c1-8-10-17(18(21(23)24)19(22)25-9-2)15-11-13-16(14-12-15)26-27(6,7)20(3,4)5;1-8-10-17(18(21)19(22)23-9-2)15-11-13-16(14-12-15)24-25(6,7)20(3,4)5;1-8-9-16(20-22(5,18)19)14-10-12-15(13-11-14)21-23(6,7)17(2,3)4/h1,11-14,17-18H,9-10H2,2-7H3;1,11-14,17-18H,9-10,21H2,2-7H3;1,10-13,16H,9H2,2-7H3. The molecule has 2 N–H and O–H groups in total. The molecule has 5 unspecified atom stereocenters. The van der Waals surface area contributed by atoms with Crippen molar-refractivity contribution in [2.45, 2.75) is 180 Å². The monoisotopic (exact) mass is 1110 g/mol. The number of carbonyl (C=O) groups is 2. The molecule has 14 nitrogen and oxygen atoms in total. The van der Waals surface area contributed by atoms with Crippen molar-refractivity contribution >= 4 is 47.0 Å². The average molecular weight is 1110 g/mol. The molecule has 0 aliphatic rings. The van der Waals surface area contributed by atoms with Crippen LogP contribution >= 0.6 is 0 Å². The van der Waals surface area contributed by atoms with E-state index in [9.17, 15) is 28.1 Å². The molecule has 414 valence electrons. The minimum absolute atomic E-state index is 0.0539. The summed E-state index contributed by atoms with van der Waals surface area (Å²) in [5.74, 6) is 7.48. The van der Waals surface area contributed by atoms with Crippen LogP contribution in [0.1, 0.15) is 130 Å². The molecule has 75 heavy (non-hydrogen) atoms. The minimum atomic E-state index is -3.57. The fourth-order valence-corrected chi connectivity index (χ4v) is 10.0. The van der Waals surface area contributed by atoms with Crippen LogP contribution in [0.5, 0.6) is 17.2 Å². The minimum Gasteiger partial charge on any atom is -0.544 e. The Labute approximate surface area is 453 Å². The van der Waals surface area contributed by atoms with Crippen LogP contribution < -0.4 is 19.0 Å². The summed E-state index contributed by atoms with van der Waals surface area (Å²) in [5, 5.41) is 11.8. The molecule has 0 amide bonds. The lowest BCUT2D eigenvalue weighted by Crippen LogP contribution is -2.43. The van der Waals surface area contributed by atoms with Crippen molar-refractivity contribution in [3.63, 3.8) is 0 Å². The Balaban J connectivity index is 0.000000564. The van der Waals surface area contributed by atoms with Crippen LogP contribution in [0.4, 0.5) is 0 Å². The molecule has 3 aromatic rings. The smallest absolute Gasteiger partial charge is 0.382 e. The van der Waals surface area contributed by atoms with Gasteiger partial charge in [-0.2, -0.15) is 8.42 Å². The van der Waals surface area contributed by atoms with Crippen molar-refractivity contribution < 1.29 is 49.9 Å². The van der Waals surface area contributed by atoms with E-state index >= 15 is 0 Å². The van der Waals surface area contributed by atoms with Crippen molar-refractivity contribution in [1.29, 1.82) is 0 Å². The largest absolute Gasteiger partial charge is 0.544 e. The molecule has 3 rings (SSSR count). The van der Waals surface area contributed by atoms with Gasteiger partial charge in [0.25, 0.3) is 10.1 Å². The van der Waals surface area contributed by atoms with E-state index in [4.69, 9.17) is 51.9 Å². The van der Waals surface area contributed by atoms with Crippen LogP contribution in [-0.4, -0.2) is 81.8 Å². The summed E-state index contributed by atoms with van der Waals surface area (Å²) in [6, 6.07) is 19.7. The fourth-order valence-electron chi connectivity index (χ4n) is 6.33. The summed E-state index contributed by atoms with van der Waals surface area (Å²) < 4.78 is 56.4. The summed E-state index contributed by atoms with van der Waals surface area (Å²) in [6.45, 7) is 36.4. The number of hydrogen-bond acceptors (Lipinski definition) is 13. The predicted octanol–water partition coefficient (Wildman–Crippen LogP) is 12.6. The molecule has 0 saturated carbocycles. The van der Waals surface area contributed by atoms with Crippen LogP contribution in [-0.2, 0) is 33.4 Å². The molecule has 0 heterocycles. The zero-order valence-electron chi connectivity index (χ0n) is 47.9. The molecule has 0 bridgehead atoms. The van der Waals surface area contributed by atoms with Gasteiger partial charge in [-0.05, 0) is 121 Å². The highest BCUT2D eigenvalue weighted by atomic mass is 32.2. The van der Waals surface area contributed by atoms with Gasteiger partial charge >= 0.3 is 18.0 Å². The van der Waals surface area contributed by atoms with E-state index in [-0.39, 0.29) is 40.5 Å². The topological polar surface area (TPSA) is 193 Å². The van der Waals surface area contributed by atoms with Crippen molar-refractivity contribution in [3.8, 4) is 54.3 Å². The van der Waals surface area contributed by atoms with E-state index < -0.39 is 76.0 Å². The Bertz CT molecular complexity index is 2540. The van der Waals surface area contributed by atoms with Gasteiger partial charge in [-0.15, -0.1) is 37.0 Å². The Hall–Kier alpha value is -5.40. The van der Waals surface area contributed by atoms with Gasteiger partial charge in [-0.1, -0.05) is 98.7 Å².